The van der Waals surface area contributed by atoms with E-state index in [-0.39, 0.29) is 11.6 Å². The zero-order valence-electron chi connectivity index (χ0n) is 14.5. The first-order chi connectivity index (χ1) is 12.6. The van der Waals surface area contributed by atoms with Gasteiger partial charge in [0.15, 0.2) is 0 Å². The maximum Gasteiger partial charge on any atom is 0.254 e. The Morgan fingerprint density at radius 1 is 1.38 bits per heavy atom. The highest BCUT2D eigenvalue weighted by Crippen LogP contribution is 2.28. The number of hydrogen-bond donors (Lipinski definition) is 4. The van der Waals surface area contributed by atoms with E-state index in [0.717, 1.165) is 36.1 Å². The highest BCUT2D eigenvalue weighted by atomic mass is 16.1. The lowest BCUT2D eigenvalue weighted by Gasteiger charge is -2.14. The molecule has 0 spiro atoms. The predicted molar refractivity (Wildman–Crippen MR) is 102 cm³/mol. The molecule has 8 nitrogen and oxygen atoms in total. The number of hydrogen-bond acceptors (Lipinski definition) is 6. The highest BCUT2D eigenvalue weighted by molar-refractivity contribution is 6.00. The number of carbonyl (C=O) groups is 1. The van der Waals surface area contributed by atoms with Crippen LogP contribution in [-0.4, -0.2) is 39.6 Å². The Morgan fingerprint density at radius 3 is 3.04 bits per heavy atom. The largest absolute Gasteiger partial charge is 0.365 e. The molecule has 3 aromatic rings. The molecular weight excluding hydrogens is 330 g/mol. The normalized spacial score (nSPS) is 16.7. The lowest BCUT2D eigenvalue weighted by atomic mass is 10.2. The first-order valence-corrected chi connectivity index (χ1v) is 8.57. The zero-order valence-corrected chi connectivity index (χ0v) is 14.5. The minimum absolute atomic E-state index is 0.257. The molecule has 1 fully saturated rings. The monoisotopic (exact) mass is 351 g/mol. The summed E-state index contributed by atoms with van der Waals surface area (Å²) in [6.45, 7) is 1.84. The van der Waals surface area contributed by atoms with Crippen LogP contribution in [0.5, 0.6) is 0 Å². The average Bonchev–Trinajstić information content (AvgIpc) is 3.26. The van der Waals surface area contributed by atoms with E-state index in [2.05, 4.69) is 25.9 Å². The minimum atomic E-state index is -0.568. The van der Waals surface area contributed by atoms with Crippen LogP contribution >= 0.6 is 0 Å². The molecule has 0 aliphatic carbocycles. The van der Waals surface area contributed by atoms with Crippen molar-refractivity contribution in [3.8, 4) is 0 Å². The number of nitrogens with one attached hydrogen (secondary N) is 3. The number of anilines is 3. The lowest BCUT2D eigenvalue weighted by Crippen LogP contribution is -2.24. The number of benzene rings is 1. The molecule has 0 radical (unpaired) electrons. The smallest absolute Gasteiger partial charge is 0.254 e. The Bertz CT molecular complexity index is 959. The molecule has 1 aliphatic rings. The molecule has 1 saturated heterocycles. The van der Waals surface area contributed by atoms with Gasteiger partial charge in [0.25, 0.3) is 5.91 Å². The van der Waals surface area contributed by atoms with Crippen molar-refractivity contribution in [3.63, 3.8) is 0 Å². The van der Waals surface area contributed by atoms with Gasteiger partial charge >= 0.3 is 0 Å². The fourth-order valence-corrected chi connectivity index (χ4v) is 3.23. The zero-order chi connectivity index (χ0) is 18.1. The SMILES string of the molecule is Cn1ccc2c(Nc3nc(NC4CCNC4)ncc3C(N)=O)cccc21. The van der Waals surface area contributed by atoms with Crippen molar-refractivity contribution in [2.75, 3.05) is 23.7 Å². The van der Waals surface area contributed by atoms with Gasteiger partial charge in [-0.15, -0.1) is 0 Å². The van der Waals surface area contributed by atoms with E-state index < -0.39 is 5.91 Å². The van der Waals surface area contributed by atoms with Crippen molar-refractivity contribution in [2.45, 2.75) is 12.5 Å². The number of rotatable bonds is 5. The quantitative estimate of drug-likeness (QED) is 0.556. The number of aromatic nitrogens is 3. The number of nitrogens with zero attached hydrogens (tertiary/aromatic N) is 3. The third kappa shape index (κ3) is 3.06. The van der Waals surface area contributed by atoms with E-state index in [9.17, 15) is 4.79 Å². The van der Waals surface area contributed by atoms with Gasteiger partial charge in [-0.2, -0.15) is 4.98 Å². The maximum absolute atomic E-state index is 11.8. The molecule has 0 saturated carbocycles. The van der Waals surface area contributed by atoms with Crippen LogP contribution in [0.1, 0.15) is 16.8 Å². The summed E-state index contributed by atoms with van der Waals surface area (Å²) in [6, 6.07) is 8.24. The third-order valence-electron chi connectivity index (χ3n) is 4.63. The fraction of sp³-hybridized carbons (Fsp3) is 0.278. The van der Waals surface area contributed by atoms with E-state index in [0.29, 0.717) is 11.8 Å². The number of fused-ring (bicyclic) bond motifs is 1. The second kappa shape index (κ2) is 6.64. The molecule has 0 bridgehead atoms. The topological polar surface area (TPSA) is 110 Å². The van der Waals surface area contributed by atoms with Crippen molar-refractivity contribution in [3.05, 3.63) is 42.2 Å². The number of carbonyl (C=O) groups excluding carboxylic acids is 1. The first-order valence-electron chi connectivity index (χ1n) is 8.57. The Morgan fingerprint density at radius 2 is 2.27 bits per heavy atom. The second-order valence-electron chi connectivity index (χ2n) is 6.44. The molecule has 1 atom stereocenters. The van der Waals surface area contributed by atoms with Crippen LogP contribution in [0.4, 0.5) is 17.5 Å². The number of nitrogens with two attached hydrogens (primary N) is 1. The Labute approximate surface area is 150 Å². The molecule has 1 unspecified atom stereocenters. The predicted octanol–water partition coefficient (Wildman–Crippen LogP) is 1.58. The molecule has 4 rings (SSSR count). The summed E-state index contributed by atoms with van der Waals surface area (Å²) >= 11 is 0. The maximum atomic E-state index is 11.8. The first kappa shape index (κ1) is 16.3. The molecule has 8 heteroatoms. The van der Waals surface area contributed by atoms with Crippen LogP contribution < -0.4 is 21.7 Å². The summed E-state index contributed by atoms with van der Waals surface area (Å²) in [5, 5.41) is 10.9. The summed E-state index contributed by atoms with van der Waals surface area (Å²) in [6.07, 6.45) is 4.46. The molecule has 26 heavy (non-hydrogen) atoms. The molecule has 1 aromatic carbocycles. The molecule has 5 N–H and O–H groups in total. The lowest BCUT2D eigenvalue weighted by molar-refractivity contribution is 0.100. The second-order valence-corrected chi connectivity index (χ2v) is 6.44. The highest BCUT2D eigenvalue weighted by Gasteiger charge is 2.18. The molecule has 134 valence electrons. The van der Waals surface area contributed by atoms with Crippen molar-refractivity contribution < 1.29 is 4.79 Å². The van der Waals surface area contributed by atoms with Gasteiger partial charge in [-0.3, -0.25) is 4.79 Å². The molecular formula is C18H21N7O. The fourth-order valence-electron chi connectivity index (χ4n) is 3.23. The van der Waals surface area contributed by atoms with Crippen molar-refractivity contribution in [1.29, 1.82) is 0 Å². The van der Waals surface area contributed by atoms with Crippen LogP contribution in [0.3, 0.4) is 0 Å². The van der Waals surface area contributed by atoms with Crippen molar-refractivity contribution >= 4 is 34.3 Å². The summed E-state index contributed by atoms with van der Waals surface area (Å²) in [5.41, 5.74) is 7.71. The average molecular weight is 351 g/mol. The minimum Gasteiger partial charge on any atom is -0.365 e. The molecule has 3 heterocycles. The van der Waals surface area contributed by atoms with E-state index in [1.807, 2.05) is 42.1 Å². The molecule has 1 aliphatic heterocycles. The van der Waals surface area contributed by atoms with E-state index in [1.54, 1.807) is 0 Å². The van der Waals surface area contributed by atoms with Crippen LogP contribution in [0, 0.1) is 0 Å². The number of amides is 1. The van der Waals surface area contributed by atoms with E-state index in [4.69, 9.17) is 5.73 Å². The van der Waals surface area contributed by atoms with Gasteiger partial charge in [-0.1, -0.05) is 6.07 Å². The van der Waals surface area contributed by atoms with E-state index >= 15 is 0 Å². The van der Waals surface area contributed by atoms with E-state index in [1.165, 1.54) is 6.20 Å². The Kier molecular flexibility index (Phi) is 4.18. The van der Waals surface area contributed by atoms with Gasteiger partial charge < -0.3 is 26.3 Å². The third-order valence-corrected chi connectivity index (χ3v) is 4.63. The van der Waals surface area contributed by atoms with Gasteiger partial charge in [0.1, 0.15) is 11.4 Å². The van der Waals surface area contributed by atoms with Crippen LogP contribution in [0.15, 0.2) is 36.7 Å². The van der Waals surface area contributed by atoms with Gasteiger partial charge in [0.05, 0.1) is 0 Å². The van der Waals surface area contributed by atoms with Crippen molar-refractivity contribution in [1.82, 2.24) is 19.9 Å². The Balaban J connectivity index is 1.69. The Hall–Kier alpha value is -3.13. The summed E-state index contributed by atoms with van der Waals surface area (Å²) in [4.78, 5) is 20.5. The van der Waals surface area contributed by atoms with Gasteiger partial charge in [0, 0.05) is 48.6 Å². The van der Waals surface area contributed by atoms with Crippen LogP contribution in [-0.2, 0) is 7.05 Å². The number of aryl methyl sites for hydroxylation is 1. The number of primary amides is 1. The standard InChI is InChI=1S/C18H21N7O/c1-25-8-6-12-14(3-2-4-15(12)25)23-17-13(16(19)26)10-21-18(24-17)22-11-5-7-20-9-11/h2-4,6,8,10-11,20H,5,7,9H2,1H3,(H2,19,26)(H2,21,22,23,24). The van der Waals surface area contributed by atoms with Crippen LogP contribution in [0.25, 0.3) is 10.9 Å². The van der Waals surface area contributed by atoms with Crippen LogP contribution in [0.2, 0.25) is 0 Å². The summed E-state index contributed by atoms with van der Waals surface area (Å²) < 4.78 is 2.04. The molecule has 1 amide bonds. The molecule has 2 aromatic heterocycles. The van der Waals surface area contributed by atoms with Gasteiger partial charge in [0.2, 0.25) is 5.95 Å². The van der Waals surface area contributed by atoms with Gasteiger partial charge in [-0.05, 0) is 31.2 Å². The summed E-state index contributed by atoms with van der Waals surface area (Å²) in [5.74, 6) is 0.311. The van der Waals surface area contributed by atoms with Crippen molar-refractivity contribution in [2.24, 2.45) is 12.8 Å². The van der Waals surface area contributed by atoms with Gasteiger partial charge in [-0.25, -0.2) is 4.98 Å². The summed E-state index contributed by atoms with van der Waals surface area (Å²) in [7, 11) is 1.99.